The van der Waals surface area contributed by atoms with Crippen LogP contribution < -0.4 is 0 Å². The van der Waals surface area contributed by atoms with E-state index in [2.05, 4.69) is 109 Å². The normalized spacial score (nSPS) is 11.9. The number of para-hydroxylation sites is 2. The van der Waals surface area contributed by atoms with E-state index in [0.29, 0.717) is 0 Å². The summed E-state index contributed by atoms with van der Waals surface area (Å²) in [5.41, 5.74) is 6.41. The van der Waals surface area contributed by atoms with Crippen molar-refractivity contribution in [3.63, 3.8) is 0 Å². The number of fused-ring (bicyclic) bond motifs is 5. The Morgan fingerprint density at radius 1 is 0.704 bits per heavy atom. The number of allylic oxidation sites excluding steroid dienone is 1. The van der Waals surface area contributed by atoms with Gasteiger partial charge in [-0.3, -0.25) is 0 Å². The van der Waals surface area contributed by atoms with Crippen molar-refractivity contribution < 1.29 is 0 Å². The maximum Gasteiger partial charge on any atom is 0.0622 e. The number of aromatic nitrogens is 1. The van der Waals surface area contributed by atoms with E-state index in [4.69, 9.17) is 0 Å². The first-order chi connectivity index (χ1) is 13.3. The smallest absolute Gasteiger partial charge is 0.0622 e. The standard InChI is InChI=1S/C26H21N/c1-3-11-20-18(2)25-23-16-9-10-17-24(23)27(19-12-5-4-6-13-19)26(25)22-15-8-7-14-21(20)22/h3-17H,1-2H3/b11-3-. The summed E-state index contributed by atoms with van der Waals surface area (Å²) in [7, 11) is 0. The second-order valence-electron chi connectivity index (χ2n) is 7.00. The minimum Gasteiger partial charge on any atom is -0.309 e. The average Bonchev–Trinajstić information content (AvgIpc) is 3.07. The first-order valence-electron chi connectivity index (χ1n) is 9.44. The number of hydrogen-bond acceptors (Lipinski definition) is 0. The Morgan fingerprint density at radius 2 is 1.33 bits per heavy atom. The van der Waals surface area contributed by atoms with E-state index < -0.39 is 0 Å². The summed E-state index contributed by atoms with van der Waals surface area (Å²) in [4.78, 5) is 0. The molecule has 0 unspecified atom stereocenters. The molecule has 0 spiro atoms. The molecule has 0 saturated carbocycles. The second-order valence-corrected chi connectivity index (χ2v) is 7.00. The molecule has 0 radical (unpaired) electrons. The predicted octanol–water partition coefficient (Wildman–Crippen LogP) is 7.28. The van der Waals surface area contributed by atoms with Crippen molar-refractivity contribution in [3.8, 4) is 5.69 Å². The van der Waals surface area contributed by atoms with Gasteiger partial charge < -0.3 is 4.57 Å². The van der Waals surface area contributed by atoms with Crippen LogP contribution in [0.3, 0.4) is 0 Å². The van der Waals surface area contributed by atoms with Crippen LogP contribution in [-0.4, -0.2) is 4.57 Å². The quantitative estimate of drug-likeness (QED) is 0.316. The Balaban J connectivity index is 2.13. The molecule has 5 aromatic rings. The van der Waals surface area contributed by atoms with Crippen LogP contribution in [-0.2, 0) is 0 Å². The largest absolute Gasteiger partial charge is 0.309 e. The topological polar surface area (TPSA) is 4.93 Å². The number of benzene rings is 4. The number of rotatable bonds is 2. The molecule has 27 heavy (non-hydrogen) atoms. The van der Waals surface area contributed by atoms with E-state index >= 15 is 0 Å². The van der Waals surface area contributed by atoms with Crippen LogP contribution in [0.15, 0.2) is 84.9 Å². The zero-order valence-electron chi connectivity index (χ0n) is 15.6. The summed E-state index contributed by atoms with van der Waals surface area (Å²) in [5.74, 6) is 0. The molecule has 0 N–H and O–H groups in total. The van der Waals surface area contributed by atoms with Crippen molar-refractivity contribution in [2.45, 2.75) is 13.8 Å². The summed E-state index contributed by atoms with van der Waals surface area (Å²) in [5, 5.41) is 5.26. The molecule has 1 aromatic heterocycles. The maximum atomic E-state index is 2.42. The molecular weight excluding hydrogens is 326 g/mol. The molecule has 0 aliphatic heterocycles. The zero-order valence-corrected chi connectivity index (χ0v) is 15.6. The molecule has 0 saturated heterocycles. The van der Waals surface area contributed by atoms with Gasteiger partial charge in [-0.15, -0.1) is 0 Å². The van der Waals surface area contributed by atoms with Crippen molar-refractivity contribution in [2.75, 3.05) is 0 Å². The number of hydrogen-bond donors (Lipinski definition) is 0. The van der Waals surface area contributed by atoms with Crippen LogP contribution in [0.4, 0.5) is 0 Å². The third-order valence-electron chi connectivity index (χ3n) is 5.47. The van der Waals surface area contributed by atoms with Gasteiger partial charge in [-0.25, -0.2) is 0 Å². The fourth-order valence-corrected chi connectivity index (χ4v) is 4.36. The van der Waals surface area contributed by atoms with Gasteiger partial charge in [0.1, 0.15) is 0 Å². The van der Waals surface area contributed by atoms with Gasteiger partial charge in [-0.2, -0.15) is 0 Å². The second kappa shape index (κ2) is 6.14. The van der Waals surface area contributed by atoms with Crippen LogP contribution in [0.5, 0.6) is 0 Å². The van der Waals surface area contributed by atoms with Crippen LogP contribution in [0, 0.1) is 6.92 Å². The summed E-state index contributed by atoms with van der Waals surface area (Å²) in [6.45, 7) is 4.34. The summed E-state index contributed by atoms with van der Waals surface area (Å²) in [6.07, 6.45) is 4.38. The van der Waals surface area contributed by atoms with E-state index in [-0.39, 0.29) is 0 Å². The lowest BCUT2D eigenvalue weighted by Crippen LogP contribution is -1.95. The van der Waals surface area contributed by atoms with Crippen LogP contribution >= 0.6 is 0 Å². The fourth-order valence-electron chi connectivity index (χ4n) is 4.36. The molecule has 1 heteroatoms. The minimum atomic E-state index is 1.20. The van der Waals surface area contributed by atoms with Crippen molar-refractivity contribution >= 4 is 38.7 Å². The maximum absolute atomic E-state index is 2.42. The highest BCUT2D eigenvalue weighted by Crippen LogP contribution is 2.40. The molecule has 1 nitrogen and oxygen atoms in total. The molecule has 0 aliphatic carbocycles. The monoisotopic (exact) mass is 347 g/mol. The van der Waals surface area contributed by atoms with Gasteiger partial charge in [0.05, 0.1) is 11.0 Å². The molecule has 0 aliphatic rings. The lowest BCUT2D eigenvalue weighted by Gasteiger charge is -2.13. The first-order valence-corrected chi connectivity index (χ1v) is 9.44. The number of aryl methyl sites for hydroxylation is 1. The lowest BCUT2D eigenvalue weighted by atomic mass is 9.94. The van der Waals surface area contributed by atoms with Gasteiger partial charge in [0.15, 0.2) is 0 Å². The van der Waals surface area contributed by atoms with Crippen molar-refractivity contribution in [1.29, 1.82) is 0 Å². The molecule has 1 heterocycles. The van der Waals surface area contributed by atoms with Crippen molar-refractivity contribution in [2.24, 2.45) is 0 Å². The Labute approximate surface area is 159 Å². The Kier molecular flexibility index (Phi) is 3.61. The Bertz CT molecular complexity index is 1320. The molecule has 0 fully saturated rings. The predicted molar refractivity (Wildman–Crippen MR) is 118 cm³/mol. The molecule has 0 amide bonds. The van der Waals surface area contributed by atoms with E-state index in [1.54, 1.807) is 0 Å². The van der Waals surface area contributed by atoms with Gasteiger partial charge in [0, 0.05) is 21.8 Å². The highest BCUT2D eigenvalue weighted by molar-refractivity contribution is 6.22. The highest BCUT2D eigenvalue weighted by atomic mass is 15.0. The Hall–Kier alpha value is -3.32. The summed E-state index contributed by atoms with van der Waals surface area (Å²) < 4.78 is 2.42. The fraction of sp³-hybridized carbons (Fsp3) is 0.0769. The van der Waals surface area contributed by atoms with E-state index in [1.165, 1.54) is 49.4 Å². The number of nitrogens with zero attached hydrogens (tertiary/aromatic N) is 1. The van der Waals surface area contributed by atoms with Gasteiger partial charge in [0.25, 0.3) is 0 Å². The third-order valence-corrected chi connectivity index (χ3v) is 5.47. The lowest BCUT2D eigenvalue weighted by molar-refractivity contribution is 1.19. The average molecular weight is 347 g/mol. The van der Waals surface area contributed by atoms with Crippen LogP contribution in [0.25, 0.3) is 44.3 Å². The van der Waals surface area contributed by atoms with Gasteiger partial charge in [-0.1, -0.05) is 72.8 Å². The molecular formula is C26H21N. The SMILES string of the molecule is C/C=C\c1c(C)c2c3ccccc3n(-c3ccccc3)c2c2ccccc12. The molecule has 0 atom stereocenters. The molecule has 5 rings (SSSR count). The molecule has 4 aromatic carbocycles. The third kappa shape index (κ3) is 2.25. The van der Waals surface area contributed by atoms with Gasteiger partial charge in [0.2, 0.25) is 0 Å². The van der Waals surface area contributed by atoms with E-state index in [1.807, 2.05) is 0 Å². The van der Waals surface area contributed by atoms with E-state index in [0.717, 1.165) is 0 Å². The van der Waals surface area contributed by atoms with Crippen molar-refractivity contribution in [3.05, 3.63) is 96.1 Å². The van der Waals surface area contributed by atoms with Gasteiger partial charge in [-0.05, 0) is 48.6 Å². The minimum absolute atomic E-state index is 1.20. The molecule has 130 valence electrons. The van der Waals surface area contributed by atoms with Gasteiger partial charge >= 0.3 is 0 Å². The summed E-state index contributed by atoms with van der Waals surface area (Å²) in [6, 6.07) is 28.2. The van der Waals surface area contributed by atoms with Crippen LogP contribution in [0.1, 0.15) is 18.1 Å². The van der Waals surface area contributed by atoms with Crippen molar-refractivity contribution in [1.82, 2.24) is 4.57 Å². The van der Waals surface area contributed by atoms with Crippen LogP contribution in [0.2, 0.25) is 0 Å². The van der Waals surface area contributed by atoms with E-state index in [9.17, 15) is 0 Å². The molecule has 0 bridgehead atoms. The zero-order chi connectivity index (χ0) is 18.4. The highest BCUT2D eigenvalue weighted by Gasteiger charge is 2.18. The summed E-state index contributed by atoms with van der Waals surface area (Å²) >= 11 is 0. The first kappa shape index (κ1) is 15.9. The Morgan fingerprint density at radius 3 is 2.07 bits per heavy atom.